The Hall–Kier alpha value is -1.88. The normalized spacial score (nSPS) is 10.4. The highest BCUT2D eigenvalue weighted by atomic mass is 79.9. The molecule has 2 rings (SSSR count). The van der Waals surface area contributed by atoms with Gasteiger partial charge >= 0.3 is 5.97 Å². The predicted molar refractivity (Wildman–Crippen MR) is 84.7 cm³/mol. The number of H-pyrrole nitrogens is 1. The van der Waals surface area contributed by atoms with Crippen molar-refractivity contribution in [2.24, 2.45) is 0 Å². The van der Waals surface area contributed by atoms with Crippen LogP contribution in [0.4, 0.5) is 0 Å². The molecule has 21 heavy (non-hydrogen) atoms. The lowest BCUT2D eigenvalue weighted by atomic mass is 10.0. The quantitative estimate of drug-likeness (QED) is 0.862. The number of benzene rings is 1. The van der Waals surface area contributed by atoms with Crippen molar-refractivity contribution in [3.05, 3.63) is 67.5 Å². The maximum Gasteiger partial charge on any atom is 0.339 e. The number of aromatic nitrogens is 1. The lowest BCUT2D eigenvalue weighted by molar-refractivity contribution is 0.0524. The van der Waals surface area contributed by atoms with Crippen LogP contribution >= 0.6 is 15.9 Å². The Labute approximate surface area is 131 Å². The van der Waals surface area contributed by atoms with Crippen LogP contribution in [0, 0.1) is 6.92 Å². The highest BCUT2D eigenvalue weighted by molar-refractivity contribution is 9.10. The van der Waals surface area contributed by atoms with Gasteiger partial charge < -0.3 is 9.72 Å². The molecular weight excluding hydrogens is 334 g/mol. The maximum absolute atomic E-state index is 12.0. The first-order chi connectivity index (χ1) is 10.0. The van der Waals surface area contributed by atoms with E-state index in [1.54, 1.807) is 19.9 Å². The molecule has 0 aliphatic carbocycles. The highest BCUT2D eigenvalue weighted by Crippen LogP contribution is 2.15. The molecule has 0 saturated heterocycles. The number of hydrogen-bond acceptors (Lipinski definition) is 3. The van der Waals surface area contributed by atoms with Gasteiger partial charge in [0.1, 0.15) is 0 Å². The van der Waals surface area contributed by atoms with Crippen molar-refractivity contribution in [3.63, 3.8) is 0 Å². The van der Waals surface area contributed by atoms with Crippen LogP contribution in [0.1, 0.15) is 34.1 Å². The molecule has 0 atom stereocenters. The number of carbonyl (C=O) groups excluding carboxylic acids is 1. The number of aromatic amines is 1. The molecule has 0 fully saturated rings. The molecule has 0 saturated carbocycles. The second-order valence-electron chi connectivity index (χ2n) is 4.69. The van der Waals surface area contributed by atoms with Crippen molar-refractivity contribution in [2.45, 2.75) is 20.3 Å². The van der Waals surface area contributed by atoms with E-state index in [0.29, 0.717) is 29.8 Å². The molecule has 1 N–H and O–H groups in total. The Balaban J connectivity index is 2.37. The van der Waals surface area contributed by atoms with Crippen molar-refractivity contribution in [2.75, 3.05) is 6.61 Å². The van der Waals surface area contributed by atoms with Gasteiger partial charge in [-0.1, -0.05) is 28.1 Å². The summed E-state index contributed by atoms with van der Waals surface area (Å²) in [6, 6.07) is 9.34. The molecule has 1 aromatic carbocycles. The molecule has 1 aromatic heterocycles. The highest BCUT2D eigenvalue weighted by Gasteiger charge is 2.14. The zero-order chi connectivity index (χ0) is 15.4. The van der Waals surface area contributed by atoms with E-state index in [0.717, 1.165) is 10.0 Å². The van der Waals surface area contributed by atoms with Crippen LogP contribution in [-0.2, 0) is 11.2 Å². The summed E-state index contributed by atoms with van der Waals surface area (Å²) in [5, 5.41) is 0. The molecule has 1 heterocycles. The van der Waals surface area contributed by atoms with Crippen molar-refractivity contribution < 1.29 is 9.53 Å². The molecule has 4 nitrogen and oxygen atoms in total. The third-order valence-electron chi connectivity index (χ3n) is 3.09. The van der Waals surface area contributed by atoms with Crippen LogP contribution in [-0.4, -0.2) is 17.6 Å². The summed E-state index contributed by atoms with van der Waals surface area (Å²) in [5.41, 5.74) is 2.29. The van der Waals surface area contributed by atoms with E-state index < -0.39 is 5.97 Å². The fourth-order valence-corrected chi connectivity index (χ4v) is 2.53. The number of ether oxygens (including phenoxy) is 1. The van der Waals surface area contributed by atoms with Gasteiger partial charge in [0.15, 0.2) is 0 Å². The van der Waals surface area contributed by atoms with Crippen LogP contribution in [0.3, 0.4) is 0 Å². The molecular formula is C16H16BrNO3. The average molecular weight is 350 g/mol. The second kappa shape index (κ2) is 6.72. The summed E-state index contributed by atoms with van der Waals surface area (Å²) in [7, 11) is 0. The summed E-state index contributed by atoms with van der Waals surface area (Å²) < 4.78 is 5.96. The third kappa shape index (κ3) is 3.82. The van der Waals surface area contributed by atoms with Crippen LogP contribution in [0.2, 0.25) is 0 Å². The van der Waals surface area contributed by atoms with Gasteiger partial charge in [0.25, 0.3) is 5.56 Å². The SMILES string of the molecule is CCOC(=O)c1cc(Cc2cccc(Br)c2)c(=O)[nH]c1C. The Kier molecular flexibility index (Phi) is 4.96. The van der Waals surface area contributed by atoms with Crippen LogP contribution in [0.25, 0.3) is 0 Å². The minimum atomic E-state index is -0.415. The fraction of sp³-hybridized carbons (Fsp3) is 0.250. The fourth-order valence-electron chi connectivity index (χ4n) is 2.08. The van der Waals surface area contributed by atoms with Gasteiger partial charge in [-0.25, -0.2) is 4.79 Å². The Morgan fingerprint density at radius 1 is 1.33 bits per heavy atom. The first kappa shape index (κ1) is 15.5. The first-order valence-corrected chi connectivity index (χ1v) is 7.45. The maximum atomic E-state index is 12.0. The van der Waals surface area contributed by atoms with Crippen LogP contribution in [0.15, 0.2) is 39.6 Å². The van der Waals surface area contributed by atoms with Gasteiger partial charge in [0.05, 0.1) is 12.2 Å². The number of halogens is 1. The molecule has 110 valence electrons. The first-order valence-electron chi connectivity index (χ1n) is 6.65. The zero-order valence-electron chi connectivity index (χ0n) is 11.9. The molecule has 0 aliphatic rings. The monoisotopic (exact) mass is 349 g/mol. The molecule has 2 aromatic rings. The van der Waals surface area contributed by atoms with Crippen molar-refractivity contribution in [1.29, 1.82) is 0 Å². The summed E-state index contributed by atoms with van der Waals surface area (Å²) in [6.45, 7) is 3.75. The smallest absolute Gasteiger partial charge is 0.339 e. The van der Waals surface area contributed by atoms with Gasteiger partial charge in [-0.3, -0.25) is 4.79 Å². The minimum Gasteiger partial charge on any atom is -0.462 e. The Morgan fingerprint density at radius 2 is 2.10 bits per heavy atom. The Morgan fingerprint density at radius 3 is 2.76 bits per heavy atom. The molecule has 0 bridgehead atoms. The average Bonchev–Trinajstić information content (AvgIpc) is 2.42. The molecule has 0 aliphatic heterocycles. The number of hydrogen-bond donors (Lipinski definition) is 1. The summed E-state index contributed by atoms with van der Waals surface area (Å²) in [6.07, 6.45) is 0.460. The summed E-state index contributed by atoms with van der Waals surface area (Å²) in [5.74, 6) is -0.415. The molecule has 0 unspecified atom stereocenters. The van der Waals surface area contributed by atoms with Gasteiger partial charge in [-0.2, -0.15) is 0 Å². The lowest BCUT2D eigenvalue weighted by Crippen LogP contribution is -2.19. The van der Waals surface area contributed by atoms with E-state index in [-0.39, 0.29) is 5.56 Å². The van der Waals surface area contributed by atoms with Gasteiger partial charge in [0.2, 0.25) is 0 Å². The zero-order valence-corrected chi connectivity index (χ0v) is 13.5. The van der Waals surface area contributed by atoms with E-state index in [1.165, 1.54) is 0 Å². The summed E-state index contributed by atoms with van der Waals surface area (Å²) >= 11 is 3.40. The molecule has 0 amide bonds. The lowest BCUT2D eigenvalue weighted by Gasteiger charge is -2.08. The van der Waals surface area contributed by atoms with Gasteiger partial charge in [-0.05, 0) is 37.6 Å². The van der Waals surface area contributed by atoms with Gasteiger partial charge in [-0.15, -0.1) is 0 Å². The van der Waals surface area contributed by atoms with E-state index in [9.17, 15) is 9.59 Å². The number of nitrogens with one attached hydrogen (secondary N) is 1. The largest absolute Gasteiger partial charge is 0.462 e. The number of rotatable bonds is 4. The predicted octanol–water partition coefficient (Wildman–Crippen LogP) is 3.21. The number of pyridine rings is 1. The van der Waals surface area contributed by atoms with E-state index in [2.05, 4.69) is 20.9 Å². The van der Waals surface area contributed by atoms with Crippen LogP contribution < -0.4 is 5.56 Å². The number of esters is 1. The standard InChI is InChI=1S/C16H16BrNO3/c1-3-21-16(20)14-9-12(15(19)18-10(14)2)7-11-5-4-6-13(17)8-11/h4-6,8-9H,3,7H2,1-2H3,(H,18,19). The van der Waals surface area contributed by atoms with E-state index >= 15 is 0 Å². The number of carbonyl (C=O) groups is 1. The molecule has 5 heteroatoms. The minimum absolute atomic E-state index is 0.180. The van der Waals surface area contributed by atoms with E-state index in [1.807, 2.05) is 24.3 Å². The van der Waals surface area contributed by atoms with Crippen molar-refractivity contribution in [1.82, 2.24) is 4.98 Å². The number of aryl methyl sites for hydroxylation is 1. The van der Waals surface area contributed by atoms with E-state index in [4.69, 9.17) is 4.74 Å². The molecule has 0 radical (unpaired) electrons. The summed E-state index contributed by atoms with van der Waals surface area (Å²) in [4.78, 5) is 26.6. The topological polar surface area (TPSA) is 59.2 Å². The Bertz CT molecular complexity index is 722. The van der Waals surface area contributed by atoms with Crippen molar-refractivity contribution in [3.8, 4) is 0 Å². The third-order valence-corrected chi connectivity index (χ3v) is 3.59. The van der Waals surface area contributed by atoms with Crippen molar-refractivity contribution >= 4 is 21.9 Å². The van der Waals surface area contributed by atoms with Crippen LogP contribution in [0.5, 0.6) is 0 Å². The molecule has 0 spiro atoms. The second-order valence-corrected chi connectivity index (χ2v) is 5.61. The van der Waals surface area contributed by atoms with Gasteiger partial charge in [0, 0.05) is 22.2 Å².